The van der Waals surface area contributed by atoms with E-state index in [-0.39, 0.29) is 12.5 Å². The van der Waals surface area contributed by atoms with E-state index < -0.39 is 0 Å². The fraction of sp³-hybridized carbons (Fsp3) is 0.424. The van der Waals surface area contributed by atoms with Crippen molar-refractivity contribution in [2.75, 3.05) is 50.0 Å². The van der Waals surface area contributed by atoms with Gasteiger partial charge in [0, 0.05) is 56.4 Å². The fourth-order valence-electron chi connectivity index (χ4n) is 6.27. The summed E-state index contributed by atoms with van der Waals surface area (Å²) in [5, 5.41) is 11.8. The molecule has 1 amide bonds. The summed E-state index contributed by atoms with van der Waals surface area (Å²) in [6.07, 6.45) is 9.97. The largest absolute Gasteiger partial charge is 0.379 e. The van der Waals surface area contributed by atoms with E-state index >= 15 is 0 Å². The summed E-state index contributed by atoms with van der Waals surface area (Å²) in [7, 11) is 0. The molecular weight excluding hydrogens is 600 g/mol. The lowest BCUT2D eigenvalue weighted by molar-refractivity contribution is -0.116. The Balaban J connectivity index is 0.989. The van der Waals surface area contributed by atoms with E-state index in [1.165, 1.54) is 29.9 Å². The lowest BCUT2D eigenvalue weighted by Gasteiger charge is -2.30. The zero-order valence-electron chi connectivity index (χ0n) is 26.4. The first-order chi connectivity index (χ1) is 22.4. The van der Waals surface area contributed by atoms with E-state index in [1.54, 1.807) is 10.9 Å². The van der Waals surface area contributed by atoms with Crippen LogP contribution in [0.25, 0.3) is 16.9 Å². The van der Waals surface area contributed by atoms with Crippen molar-refractivity contribution in [2.24, 2.45) is 5.92 Å². The minimum absolute atomic E-state index is 0.101. The highest BCUT2D eigenvalue weighted by Gasteiger charge is 2.19. The zero-order valence-corrected chi connectivity index (χ0v) is 27.2. The second-order valence-corrected chi connectivity index (χ2v) is 13.2. The van der Waals surface area contributed by atoms with Crippen LogP contribution in [0.15, 0.2) is 55.1 Å². The summed E-state index contributed by atoms with van der Waals surface area (Å²) in [5.41, 5.74) is 6.35. The maximum absolute atomic E-state index is 12.8. The summed E-state index contributed by atoms with van der Waals surface area (Å²) in [5.74, 6) is 1.28. The van der Waals surface area contributed by atoms with Crippen LogP contribution >= 0.6 is 11.5 Å². The Morgan fingerprint density at radius 2 is 1.91 bits per heavy atom. The van der Waals surface area contributed by atoms with Gasteiger partial charge in [0.1, 0.15) is 11.5 Å². The molecule has 0 spiro atoms. The highest BCUT2D eigenvalue weighted by Crippen LogP contribution is 2.28. The summed E-state index contributed by atoms with van der Waals surface area (Å²) >= 11 is 1.45. The average Bonchev–Trinajstić information content (AvgIpc) is 3.79. The number of piperidine rings is 1. The first kappa shape index (κ1) is 30.5. The number of carbonyl (C=O) groups is 1. The Kier molecular flexibility index (Phi) is 9.06. The molecule has 12 nitrogen and oxygen atoms in total. The fourth-order valence-corrected chi connectivity index (χ4v) is 6.93. The lowest BCUT2D eigenvalue weighted by atomic mass is 10.0. The third kappa shape index (κ3) is 7.28. The summed E-state index contributed by atoms with van der Waals surface area (Å²) in [6.45, 7) is 11.9. The molecule has 1 atom stereocenters. The molecule has 0 saturated carbocycles. The molecule has 4 aromatic heterocycles. The standard InChI is InChI=1S/C33H40N10O2S/c1-23-4-3-9-41(17-23)21-28-14-31(46-39-28)38-32-33-34-16-29(43(33)18-24(2)36-32)26-15-35-42(20-26)22-30(44)37-27-7-5-25(6-8-27)19-40-10-12-45-13-11-40/h5-8,14-16,18,20,23H,3-4,9-13,17,19,21-22H2,1-2H3,(H,36,38)(H,37,44). The molecule has 240 valence electrons. The second kappa shape index (κ2) is 13.7. The van der Waals surface area contributed by atoms with Crippen LogP contribution in [0, 0.1) is 12.8 Å². The number of ether oxygens (including phenoxy) is 1. The number of nitrogens with zero attached hydrogens (tertiary/aromatic N) is 8. The smallest absolute Gasteiger partial charge is 0.246 e. The SMILES string of the molecule is Cc1cn2c(-c3cnn(CC(=O)Nc4ccc(CN5CCOCC5)cc4)c3)cnc2c(Nc2cc(CN3CCCC(C)C3)ns2)n1. The number of likely N-dealkylation sites (tertiary alicyclic amines) is 1. The summed E-state index contributed by atoms with van der Waals surface area (Å²) < 4.78 is 13.8. The number of fused-ring (bicyclic) bond motifs is 1. The van der Waals surface area contributed by atoms with Gasteiger partial charge in [0.25, 0.3) is 0 Å². The van der Waals surface area contributed by atoms with Gasteiger partial charge in [-0.05, 0) is 67.5 Å². The van der Waals surface area contributed by atoms with Gasteiger partial charge in [0.05, 0.1) is 42.7 Å². The molecule has 2 aliphatic heterocycles. The Labute approximate surface area is 272 Å². The molecule has 2 fully saturated rings. The molecule has 2 N–H and O–H groups in total. The number of morpholine rings is 1. The number of imidazole rings is 1. The van der Waals surface area contributed by atoms with Gasteiger partial charge in [-0.15, -0.1) is 0 Å². The van der Waals surface area contributed by atoms with Gasteiger partial charge in [-0.2, -0.15) is 9.47 Å². The quantitative estimate of drug-likeness (QED) is 0.222. The molecule has 46 heavy (non-hydrogen) atoms. The van der Waals surface area contributed by atoms with Crippen molar-refractivity contribution < 1.29 is 9.53 Å². The highest BCUT2D eigenvalue weighted by molar-refractivity contribution is 7.10. The van der Waals surface area contributed by atoms with Gasteiger partial charge < -0.3 is 15.4 Å². The number of amides is 1. The number of aromatic nitrogens is 6. The minimum Gasteiger partial charge on any atom is -0.379 e. The normalized spacial score (nSPS) is 17.8. The van der Waals surface area contributed by atoms with Crippen molar-refractivity contribution in [1.29, 1.82) is 0 Å². The number of nitrogens with one attached hydrogen (secondary N) is 2. The Bertz CT molecular complexity index is 1790. The zero-order chi connectivity index (χ0) is 31.5. The van der Waals surface area contributed by atoms with Gasteiger partial charge >= 0.3 is 0 Å². The number of hydrogen-bond acceptors (Lipinski definition) is 10. The van der Waals surface area contributed by atoms with Gasteiger partial charge in [-0.1, -0.05) is 19.1 Å². The number of aryl methyl sites for hydroxylation is 1. The van der Waals surface area contributed by atoms with Gasteiger partial charge in [-0.3, -0.25) is 23.7 Å². The molecule has 5 aromatic rings. The molecule has 2 aliphatic rings. The Hall–Kier alpha value is -4.17. The van der Waals surface area contributed by atoms with Gasteiger partial charge in [0.2, 0.25) is 5.91 Å². The van der Waals surface area contributed by atoms with Crippen LogP contribution in [0.5, 0.6) is 0 Å². The first-order valence-corrected chi connectivity index (χ1v) is 16.7. The van der Waals surface area contributed by atoms with E-state index in [2.05, 4.69) is 50.7 Å². The van der Waals surface area contributed by atoms with Crippen LogP contribution in [0.2, 0.25) is 0 Å². The van der Waals surface area contributed by atoms with Crippen molar-refractivity contribution in [2.45, 2.75) is 46.3 Å². The molecule has 0 aliphatic carbocycles. The van der Waals surface area contributed by atoms with Crippen molar-refractivity contribution in [3.8, 4) is 11.3 Å². The monoisotopic (exact) mass is 640 g/mol. The van der Waals surface area contributed by atoms with E-state index in [0.29, 0.717) is 11.5 Å². The summed E-state index contributed by atoms with van der Waals surface area (Å²) in [6, 6.07) is 10.1. The molecule has 0 bridgehead atoms. The first-order valence-electron chi connectivity index (χ1n) is 16.0. The van der Waals surface area contributed by atoms with Crippen LogP contribution in [0.1, 0.15) is 36.7 Å². The van der Waals surface area contributed by atoms with Crippen LogP contribution in [0.4, 0.5) is 16.5 Å². The van der Waals surface area contributed by atoms with Crippen molar-refractivity contribution in [3.63, 3.8) is 0 Å². The molecule has 7 rings (SSSR count). The average molecular weight is 641 g/mol. The summed E-state index contributed by atoms with van der Waals surface area (Å²) in [4.78, 5) is 27.2. The van der Waals surface area contributed by atoms with Crippen LogP contribution in [-0.2, 0) is 29.2 Å². The van der Waals surface area contributed by atoms with E-state index in [9.17, 15) is 4.79 Å². The number of rotatable bonds is 10. The molecule has 1 aromatic carbocycles. The predicted octanol–water partition coefficient (Wildman–Crippen LogP) is 4.80. The van der Waals surface area contributed by atoms with E-state index in [0.717, 1.165) is 91.7 Å². The minimum atomic E-state index is -0.140. The van der Waals surface area contributed by atoms with Crippen molar-refractivity contribution in [1.82, 2.24) is 38.3 Å². The number of carbonyl (C=O) groups excluding carboxylic acids is 1. The number of benzene rings is 1. The lowest BCUT2D eigenvalue weighted by Crippen LogP contribution is -2.35. The second-order valence-electron chi connectivity index (χ2n) is 12.4. The van der Waals surface area contributed by atoms with Gasteiger partial charge in [-0.25, -0.2) is 9.97 Å². The molecule has 0 radical (unpaired) electrons. The molecule has 1 unspecified atom stereocenters. The van der Waals surface area contributed by atoms with Crippen molar-refractivity contribution in [3.05, 3.63) is 72.1 Å². The third-order valence-corrected chi connectivity index (χ3v) is 9.26. The van der Waals surface area contributed by atoms with Crippen LogP contribution in [-0.4, -0.2) is 83.6 Å². The Morgan fingerprint density at radius 1 is 1.07 bits per heavy atom. The maximum atomic E-state index is 12.8. The predicted molar refractivity (Wildman–Crippen MR) is 179 cm³/mol. The molecule has 13 heteroatoms. The van der Waals surface area contributed by atoms with E-state index in [4.69, 9.17) is 19.1 Å². The van der Waals surface area contributed by atoms with Gasteiger partial charge in [0.15, 0.2) is 11.5 Å². The van der Waals surface area contributed by atoms with E-state index in [1.807, 2.05) is 42.0 Å². The molecular formula is C33H40N10O2S. The molecule has 2 saturated heterocycles. The van der Waals surface area contributed by atoms with Crippen LogP contribution in [0.3, 0.4) is 0 Å². The Morgan fingerprint density at radius 3 is 2.74 bits per heavy atom. The molecule has 6 heterocycles. The number of hydrogen-bond donors (Lipinski definition) is 2. The van der Waals surface area contributed by atoms with Crippen molar-refractivity contribution >= 4 is 39.6 Å². The number of anilines is 3. The van der Waals surface area contributed by atoms with Crippen LogP contribution < -0.4 is 10.6 Å². The topological polar surface area (TPSA) is 118 Å². The highest BCUT2D eigenvalue weighted by atomic mass is 32.1. The third-order valence-electron chi connectivity index (χ3n) is 8.52. The maximum Gasteiger partial charge on any atom is 0.246 e.